The molecule has 2 aromatic carbocycles. The number of ether oxygens (including phenoxy) is 1. The lowest BCUT2D eigenvalue weighted by molar-refractivity contribution is 0.414. The van der Waals surface area contributed by atoms with E-state index in [4.69, 9.17) is 13.6 Å². The van der Waals surface area contributed by atoms with E-state index >= 15 is 0 Å². The van der Waals surface area contributed by atoms with E-state index in [1.165, 1.54) is 6.26 Å². The zero-order valence-corrected chi connectivity index (χ0v) is 16.2. The molecule has 0 saturated carbocycles. The number of hydrogen-bond acceptors (Lipinski definition) is 5. The van der Waals surface area contributed by atoms with Gasteiger partial charge in [-0.2, -0.15) is 0 Å². The van der Waals surface area contributed by atoms with Gasteiger partial charge in [0.1, 0.15) is 22.6 Å². The van der Waals surface area contributed by atoms with Crippen molar-refractivity contribution in [2.24, 2.45) is 0 Å². The van der Waals surface area contributed by atoms with Gasteiger partial charge in [0, 0.05) is 5.39 Å². The maximum atomic E-state index is 13.4. The van der Waals surface area contributed by atoms with Gasteiger partial charge in [-0.05, 0) is 42.0 Å². The van der Waals surface area contributed by atoms with E-state index in [2.05, 4.69) is 0 Å². The Bertz CT molecular complexity index is 1470. The number of fused-ring (bicyclic) bond motifs is 3. The Morgan fingerprint density at radius 2 is 1.80 bits per heavy atom. The van der Waals surface area contributed by atoms with Crippen molar-refractivity contribution in [2.45, 2.75) is 13.1 Å². The number of benzene rings is 2. The predicted molar refractivity (Wildman–Crippen MR) is 112 cm³/mol. The van der Waals surface area contributed by atoms with Gasteiger partial charge in [-0.15, -0.1) is 0 Å². The average molecular weight is 402 g/mol. The third kappa shape index (κ3) is 2.91. The summed E-state index contributed by atoms with van der Waals surface area (Å²) in [6.07, 6.45) is 1.51. The van der Waals surface area contributed by atoms with Gasteiger partial charge in [0.2, 0.25) is 5.58 Å². The quantitative estimate of drug-likeness (QED) is 0.449. The highest BCUT2D eigenvalue weighted by molar-refractivity contribution is 6.02. The molecule has 0 radical (unpaired) electrons. The van der Waals surface area contributed by atoms with Crippen LogP contribution >= 0.6 is 0 Å². The standard InChI is InChI=1S/C23H18N2O5/c1-28-16-7-4-6-15(12-16)13-24-20-18-9-2-3-10-19(18)30-21(20)22(26)25(23(24)27)14-17-8-5-11-29-17/h2-12H,13-14H2,1H3. The van der Waals surface area contributed by atoms with Gasteiger partial charge in [0.05, 0.1) is 26.5 Å². The summed E-state index contributed by atoms with van der Waals surface area (Å²) in [4.78, 5) is 26.6. The lowest BCUT2D eigenvalue weighted by Crippen LogP contribution is -2.40. The second-order valence-electron chi connectivity index (χ2n) is 6.97. The van der Waals surface area contributed by atoms with E-state index in [1.54, 1.807) is 29.9 Å². The highest BCUT2D eigenvalue weighted by atomic mass is 16.5. The molecule has 0 aliphatic carbocycles. The minimum atomic E-state index is -0.482. The summed E-state index contributed by atoms with van der Waals surface area (Å²) in [6, 6.07) is 18.2. The van der Waals surface area contributed by atoms with E-state index in [-0.39, 0.29) is 18.7 Å². The minimum absolute atomic E-state index is 0.0236. The number of hydrogen-bond donors (Lipinski definition) is 0. The molecule has 0 fully saturated rings. The molecule has 3 aromatic heterocycles. The topological polar surface area (TPSA) is 79.5 Å². The van der Waals surface area contributed by atoms with Crippen LogP contribution in [0.1, 0.15) is 11.3 Å². The summed E-state index contributed by atoms with van der Waals surface area (Å²) in [5, 5.41) is 0.717. The zero-order valence-electron chi connectivity index (χ0n) is 16.2. The number of aromatic nitrogens is 2. The van der Waals surface area contributed by atoms with Crippen LogP contribution in [-0.2, 0) is 13.1 Å². The van der Waals surface area contributed by atoms with Gasteiger partial charge in [-0.25, -0.2) is 9.36 Å². The van der Waals surface area contributed by atoms with Crippen molar-refractivity contribution >= 4 is 22.1 Å². The summed E-state index contributed by atoms with van der Waals surface area (Å²) in [7, 11) is 1.59. The number of methoxy groups -OCH3 is 1. The molecule has 3 heterocycles. The van der Waals surface area contributed by atoms with Crippen LogP contribution in [0.4, 0.5) is 0 Å². The average Bonchev–Trinajstić information content (AvgIpc) is 3.42. The second-order valence-corrected chi connectivity index (χ2v) is 6.97. The minimum Gasteiger partial charge on any atom is -0.497 e. The maximum absolute atomic E-state index is 13.4. The molecule has 0 spiro atoms. The third-order valence-corrected chi connectivity index (χ3v) is 5.11. The molecule has 0 unspecified atom stereocenters. The van der Waals surface area contributed by atoms with Crippen molar-refractivity contribution < 1.29 is 13.6 Å². The summed E-state index contributed by atoms with van der Waals surface area (Å²) in [6.45, 7) is 0.282. The Morgan fingerprint density at radius 3 is 2.60 bits per heavy atom. The summed E-state index contributed by atoms with van der Waals surface area (Å²) >= 11 is 0. The zero-order chi connectivity index (χ0) is 20.7. The highest BCUT2D eigenvalue weighted by Gasteiger charge is 2.20. The SMILES string of the molecule is COc1cccc(Cn2c(=O)n(Cc3ccco3)c(=O)c3oc4ccccc4c32)c1. The molecule has 5 rings (SSSR count). The lowest BCUT2D eigenvalue weighted by atomic mass is 10.2. The molecule has 0 aliphatic heterocycles. The second kappa shape index (κ2) is 7.11. The Hall–Kier alpha value is -4.00. The van der Waals surface area contributed by atoms with Crippen LogP contribution in [0.5, 0.6) is 5.75 Å². The van der Waals surface area contributed by atoms with Crippen molar-refractivity contribution in [3.05, 3.63) is 99.1 Å². The van der Waals surface area contributed by atoms with Crippen molar-refractivity contribution in [2.75, 3.05) is 7.11 Å². The fraction of sp³-hybridized carbons (Fsp3) is 0.130. The van der Waals surface area contributed by atoms with Crippen molar-refractivity contribution in [3.63, 3.8) is 0 Å². The van der Waals surface area contributed by atoms with Gasteiger partial charge in [0.25, 0.3) is 5.56 Å². The molecule has 0 N–H and O–H groups in total. The van der Waals surface area contributed by atoms with Gasteiger partial charge in [0.15, 0.2) is 0 Å². The first kappa shape index (κ1) is 18.1. The first-order chi connectivity index (χ1) is 14.7. The summed E-state index contributed by atoms with van der Waals surface area (Å²) in [5.41, 5.74) is 1.14. The predicted octanol–water partition coefficient (Wildman–Crippen LogP) is 3.61. The molecule has 0 bridgehead atoms. The molecule has 30 heavy (non-hydrogen) atoms. The maximum Gasteiger partial charge on any atom is 0.332 e. The monoisotopic (exact) mass is 402 g/mol. The molecule has 0 aliphatic rings. The van der Waals surface area contributed by atoms with Gasteiger partial charge < -0.3 is 13.6 Å². The molecule has 5 aromatic rings. The van der Waals surface area contributed by atoms with Crippen LogP contribution < -0.4 is 16.0 Å². The van der Waals surface area contributed by atoms with Crippen molar-refractivity contribution in [1.29, 1.82) is 0 Å². The first-order valence-corrected chi connectivity index (χ1v) is 9.46. The van der Waals surface area contributed by atoms with E-state index in [9.17, 15) is 9.59 Å². The van der Waals surface area contributed by atoms with Crippen LogP contribution in [-0.4, -0.2) is 16.2 Å². The van der Waals surface area contributed by atoms with E-state index in [0.717, 1.165) is 15.5 Å². The van der Waals surface area contributed by atoms with Crippen LogP contribution in [0.15, 0.2) is 85.4 Å². The molecule has 7 nitrogen and oxygen atoms in total. The van der Waals surface area contributed by atoms with Crippen LogP contribution in [0.2, 0.25) is 0 Å². The first-order valence-electron chi connectivity index (χ1n) is 9.46. The Morgan fingerprint density at radius 1 is 0.933 bits per heavy atom. The Labute approximate surface area is 170 Å². The van der Waals surface area contributed by atoms with Crippen LogP contribution in [0.25, 0.3) is 22.1 Å². The van der Waals surface area contributed by atoms with Crippen molar-refractivity contribution in [1.82, 2.24) is 9.13 Å². The van der Waals surface area contributed by atoms with Crippen molar-refractivity contribution in [3.8, 4) is 5.75 Å². The van der Waals surface area contributed by atoms with Crippen LogP contribution in [0, 0.1) is 0 Å². The molecule has 7 heteroatoms. The van der Waals surface area contributed by atoms with E-state index in [0.29, 0.717) is 22.6 Å². The fourth-order valence-electron chi connectivity index (χ4n) is 3.69. The Balaban J connectivity index is 1.79. The number of nitrogens with zero attached hydrogens (tertiary/aromatic N) is 2. The largest absolute Gasteiger partial charge is 0.497 e. The molecular formula is C23H18N2O5. The Kier molecular flexibility index (Phi) is 4.28. The summed E-state index contributed by atoms with van der Waals surface area (Å²) < 4.78 is 19.2. The molecule has 150 valence electrons. The third-order valence-electron chi connectivity index (χ3n) is 5.11. The molecule has 0 amide bonds. The van der Waals surface area contributed by atoms with E-state index < -0.39 is 11.2 Å². The molecule has 0 atom stereocenters. The smallest absolute Gasteiger partial charge is 0.332 e. The normalized spacial score (nSPS) is 11.4. The van der Waals surface area contributed by atoms with Gasteiger partial charge in [-0.1, -0.05) is 24.3 Å². The lowest BCUT2D eigenvalue weighted by Gasteiger charge is -2.12. The van der Waals surface area contributed by atoms with Crippen LogP contribution in [0.3, 0.4) is 0 Å². The number of furan rings is 2. The fourth-order valence-corrected chi connectivity index (χ4v) is 3.69. The number of para-hydroxylation sites is 1. The summed E-state index contributed by atoms with van der Waals surface area (Å²) in [5.74, 6) is 1.20. The molecule has 0 saturated heterocycles. The van der Waals surface area contributed by atoms with Gasteiger partial charge >= 0.3 is 5.69 Å². The van der Waals surface area contributed by atoms with Gasteiger partial charge in [-0.3, -0.25) is 9.36 Å². The highest BCUT2D eigenvalue weighted by Crippen LogP contribution is 2.26. The number of rotatable bonds is 5. The molecular weight excluding hydrogens is 384 g/mol. The van der Waals surface area contributed by atoms with E-state index in [1.807, 2.05) is 42.5 Å².